The van der Waals surface area contributed by atoms with Gasteiger partial charge in [-0.3, -0.25) is 9.36 Å². The van der Waals surface area contributed by atoms with E-state index in [4.69, 9.17) is 16.3 Å². The number of nitrogens with one attached hydrogen (secondary N) is 1. The van der Waals surface area contributed by atoms with Gasteiger partial charge in [0.05, 0.1) is 28.4 Å². The van der Waals surface area contributed by atoms with Crippen LogP contribution in [-0.2, 0) is 9.53 Å². The third-order valence-corrected chi connectivity index (χ3v) is 8.44. The first-order chi connectivity index (χ1) is 20.6. The average Bonchev–Trinajstić information content (AvgIpc) is 3.51. The molecule has 0 amide bonds. The van der Waals surface area contributed by atoms with Crippen molar-refractivity contribution in [2.75, 3.05) is 6.61 Å². The van der Waals surface area contributed by atoms with Gasteiger partial charge in [0.2, 0.25) is 0 Å². The summed E-state index contributed by atoms with van der Waals surface area (Å²) in [5.41, 5.74) is 1.72. The highest BCUT2D eigenvalue weighted by Crippen LogP contribution is 2.39. The summed E-state index contributed by atoms with van der Waals surface area (Å²) in [6.07, 6.45) is -3.32. The second-order valence-corrected chi connectivity index (χ2v) is 11.3. The van der Waals surface area contributed by atoms with Crippen LogP contribution in [0.2, 0.25) is 5.02 Å². The lowest BCUT2D eigenvalue weighted by molar-refractivity contribution is -0.140. The molecule has 0 spiro atoms. The SMILES string of the molecule is CCOC(=O)C1=C(C(F)(F)F)N=c2s/c(=C\c3c(-c4ccccc4)[nH]c4c(C)cccc34)c(=O)n2[C@H]1c1ccc(Cl)cc1. The molecule has 0 aliphatic carbocycles. The number of fused-ring (bicyclic) bond motifs is 2. The highest BCUT2D eigenvalue weighted by molar-refractivity contribution is 7.07. The van der Waals surface area contributed by atoms with Crippen LogP contribution in [0.15, 0.2) is 93.9 Å². The fourth-order valence-electron chi connectivity index (χ4n) is 5.30. The zero-order valence-corrected chi connectivity index (χ0v) is 24.4. The van der Waals surface area contributed by atoms with Gasteiger partial charge < -0.3 is 9.72 Å². The first kappa shape index (κ1) is 28.7. The maximum absolute atomic E-state index is 14.4. The molecule has 6 nitrogen and oxygen atoms in total. The van der Waals surface area contributed by atoms with Crippen LogP contribution in [0.3, 0.4) is 0 Å². The van der Waals surface area contributed by atoms with Crippen molar-refractivity contribution in [2.45, 2.75) is 26.1 Å². The largest absolute Gasteiger partial charge is 0.463 e. The van der Waals surface area contributed by atoms with E-state index in [1.165, 1.54) is 31.2 Å². The number of aromatic nitrogens is 2. The molecule has 0 bridgehead atoms. The quantitative estimate of drug-likeness (QED) is 0.229. The second-order valence-electron chi connectivity index (χ2n) is 9.89. The lowest BCUT2D eigenvalue weighted by Gasteiger charge is -2.26. The van der Waals surface area contributed by atoms with Gasteiger partial charge in [-0.05, 0) is 48.7 Å². The Kier molecular flexibility index (Phi) is 7.35. The Bertz CT molecular complexity index is 2090. The smallest absolute Gasteiger partial charge is 0.434 e. The van der Waals surface area contributed by atoms with E-state index in [1.807, 2.05) is 55.5 Å². The fraction of sp³-hybridized carbons (Fsp3) is 0.156. The minimum Gasteiger partial charge on any atom is -0.463 e. The summed E-state index contributed by atoms with van der Waals surface area (Å²) in [7, 11) is 0. The van der Waals surface area contributed by atoms with Gasteiger partial charge in [-0.2, -0.15) is 13.2 Å². The monoisotopic (exact) mass is 621 g/mol. The number of nitrogens with zero attached hydrogens (tertiary/aromatic N) is 2. The molecule has 218 valence electrons. The summed E-state index contributed by atoms with van der Waals surface area (Å²) in [5.74, 6) is -1.20. The summed E-state index contributed by atoms with van der Waals surface area (Å²) in [6.45, 7) is 3.30. The van der Waals surface area contributed by atoms with Gasteiger partial charge in [0.25, 0.3) is 5.56 Å². The molecule has 0 saturated carbocycles. The van der Waals surface area contributed by atoms with Gasteiger partial charge in [0.1, 0.15) is 0 Å². The van der Waals surface area contributed by atoms with Gasteiger partial charge in [-0.25, -0.2) is 9.79 Å². The van der Waals surface area contributed by atoms with Crippen LogP contribution in [-0.4, -0.2) is 28.3 Å². The number of carbonyl (C=O) groups excluding carboxylic acids is 1. The third-order valence-electron chi connectivity index (χ3n) is 7.20. The Morgan fingerprint density at radius 1 is 1.09 bits per heavy atom. The lowest BCUT2D eigenvalue weighted by atomic mass is 9.95. The van der Waals surface area contributed by atoms with E-state index >= 15 is 0 Å². The second kappa shape index (κ2) is 11.0. The van der Waals surface area contributed by atoms with Crippen molar-refractivity contribution in [1.29, 1.82) is 0 Å². The summed E-state index contributed by atoms with van der Waals surface area (Å²) in [6, 6.07) is 19.8. The number of ether oxygens (including phenoxy) is 1. The van der Waals surface area contributed by atoms with E-state index in [0.29, 0.717) is 10.6 Å². The van der Waals surface area contributed by atoms with Gasteiger partial charge in [0.15, 0.2) is 10.5 Å². The number of para-hydroxylation sites is 1. The molecule has 43 heavy (non-hydrogen) atoms. The Morgan fingerprint density at radius 3 is 2.49 bits per heavy atom. The van der Waals surface area contributed by atoms with E-state index in [1.54, 1.807) is 6.08 Å². The van der Waals surface area contributed by atoms with Crippen LogP contribution in [0.4, 0.5) is 13.2 Å². The number of thiazole rings is 1. The van der Waals surface area contributed by atoms with Crippen LogP contribution in [0.1, 0.15) is 29.7 Å². The molecule has 5 aromatic rings. The van der Waals surface area contributed by atoms with Crippen LogP contribution in [0.5, 0.6) is 0 Å². The Hall–Kier alpha value is -4.41. The van der Waals surface area contributed by atoms with E-state index in [2.05, 4.69) is 9.98 Å². The lowest BCUT2D eigenvalue weighted by Crippen LogP contribution is -2.41. The Morgan fingerprint density at radius 2 is 1.81 bits per heavy atom. The number of H-pyrrole nitrogens is 1. The van der Waals surface area contributed by atoms with Gasteiger partial charge in [-0.15, -0.1) is 0 Å². The molecule has 0 fully saturated rings. The normalized spacial score (nSPS) is 15.5. The standard InChI is InChI=1S/C32H23ClF3N3O3S/c1-3-42-30(41)24-27(19-12-14-20(33)15-13-19)39-29(40)23(43-31(39)38-28(24)32(34,35)36)16-22-21-11-7-8-17(2)25(21)37-26(22)18-9-5-4-6-10-18/h4-16,27,37H,3H2,1-2H3/b23-16-/t27-/m0/s1. The number of hydrogen-bond acceptors (Lipinski definition) is 5. The molecule has 1 N–H and O–H groups in total. The molecular weight excluding hydrogens is 599 g/mol. The van der Waals surface area contributed by atoms with E-state index in [0.717, 1.165) is 43.6 Å². The molecule has 6 rings (SSSR count). The highest BCUT2D eigenvalue weighted by atomic mass is 35.5. The Labute approximate surface area is 252 Å². The zero-order valence-electron chi connectivity index (χ0n) is 22.8. The van der Waals surface area contributed by atoms with E-state index < -0.39 is 35.0 Å². The molecule has 2 aromatic heterocycles. The van der Waals surface area contributed by atoms with Crippen LogP contribution in [0, 0.1) is 6.92 Å². The van der Waals surface area contributed by atoms with E-state index in [-0.39, 0.29) is 21.5 Å². The molecule has 1 atom stereocenters. The predicted octanol–water partition coefficient (Wildman–Crippen LogP) is 6.45. The zero-order chi connectivity index (χ0) is 30.5. The summed E-state index contributed by atoms with van der Waals surface area (Å²) in [5, 5.41) is 1.19. The number of carbonyl (C=O) groups is 1. The molecule has 3 heterocycles. The fourth-order valence-corrected chi connectivity index (χ4v) is 6.41. The maximum Gasteiger partial charge on any atom is 0.434 e. The molecule has 11 heteroatoms. The van der Waals surface area contributed by atoms with Crippen molar-refractivity contribution in [1.82, 2.24) is 9.55 Å². The van der Waals surface area contributed by atoms with Crippen molar-refractivity contribution in [3.63, 3.8) is 0 Å². The first-order valence-electron chi connectivity index (χ1n) is 13.3. The molecule has 0 saturated heterocycles. The number of alkyl halides is 3. The number of aromatic amines is 1. The summed E-state index contributed by atoms with van der Waals surface area (Å²) < 4.78 is 49.6. The number of benzene rings is 3. The number of halogens is 4. The number of rotatable bonds is 5. The van der Waals surface area contributed by atoms with Gasteiger partial charge >= 0.3 is 12.1 Å². The minimum atomic E-state index is -4.99. The van der Waals surface area contributed by atoms with Gasteiger partial charge in [0, 0.05) is 21.5 Å². The van der Waals surface area contributed by atoms with Crippen molar-refractivity contribution in [3.05, 3.63) is 125 Å². The van der Waals surface area contributed by atoms with Crippen LogP contribution >= 0.6 is 22.9 Å². The van der Waals surface area contributed by atoms with Crippen molar-refractivity contribution in [2.24, 2.45) is 4.99 Å². The Balaban J connectivity index is 1.67. The molecular formula is C32H23ClF3N3O3S. The molecule has 1 aliphatic heterocycles. The van der Waals surface area contributed by atoms with Gasteiger partial charge in [-0.1, -0.05) is 83.6 Å². The topological polar surface area (TPSA) is 76.4 Å². The molecule has 1 aliphatic rings. The number of aryl methyl sites for hydroxylation is 1. The maximum atomic E-state index is 14.4. The molecule has 0 radical (unpaired) electrons. The summed E-state index contributed by atoms with van der Waals surface area (Å²) in [4.78, 5) is 34.3. The average molecular weight is 622 g/mol. The third kappa shape index (κ3) is 5.10. The van der Waals surface area contributed by atoms with Crippen molar-refractivity contribution < 1.29 is 22.7 Å². The van der Waals surface area contributed by atoms with Crippen LogP contribution < -0.4 is 14.9 Å². The number of esters is 1. The predicted molar refractivity (Wildman–Crippen MR) is 161 cm³/mol. The van der Waals surface area contributed by atoms with Crippen molar-refractivity contribution in [3.8, 4) is 11.3 Å². The molecule has 0 unspecified atom stereocenters. The molecule has 3 aromatic carbocycles. The van der Waals surface area contributed by atoms with Crippen LogP contribution in [0.25, 0.3) is 28.2 Å². The summed E-state index contributed by atoms with van der Waals surface area (Å²) >= 11 is 6.89. The number of hydrogen-bond donors (Lipinski definition) is 1. The first-order valence-corrected chi connectivity index (χ1v) is 14.5. The minimum absolute atomic E-state index is 0.156. The highest BCUT2D eigenvalue weighted by Gasteiger charge is 2.45. The number of allylic oxidation sites excluding steroid dienone is 1. The van der Waals surface area contributed by atoms with E-state index in [9.17, 15) is 22.8 Å². The van der Waals surface area contributed by atoms with Crippen molar-refractivity contribution >= 4 is 45.9 Å².